The number of β-lactam (4-membered cyclic amide) rings is 1. The van der Waals surface area contributed by atoms with E-state index in [-0.39, 0.29) is 23.4 Å². The molecule has 1 heterocycles. The highest BCUT2D eigenvalue weighted by Crippen LogP contribution is 2.35. The van der Waals surface area contributed by atoms with Gasteiger partial charge in [0.1, 0.15) is 5.92 Å². The molecule has 0 spiro atoms. The quantitative estimate of drug-likeness (QED) is 0.472. The first-order valence-corrected chi connectivity index (χ1v) is 9.04. The molecule has 6 heteroatoms. The molecule has 1 saturated heterocycles. The minimum Gasteiger partial charge on any atom is -0.441 e. The van der Waals surface area contributed by atoms with Crippen LogP contribution in [0.5, 0.6) is 0 Å². The highest BCUT2D eigenvalue weighted by atomic mass is 28.3. The van der Waals surface area contributed by atoms with E-state index >= 15 is 0 Å². The highest BCUT2D eigenvalue weighted by molar-refractivity contribution is 6.48. The van der Waals surface area contributed by atoms with Crippen molar-refractivity contribution in [1.29, 1.82) is 0 Å². The van der Waals surface area contributed by atoms with Gasteiger partial charge in [0.2, 0.25) is 5.91 Å². The lowest BCUT2D eigenvalue weighted by molar-refractivity contribution is -0.178. The highest BCUT2D eigenvalue weighted by Gasteiger charge is 2.51. The molecule has 0 aliphatic carbocycles. The van der Waals surface area contributed by atoms with Gasteiger partial charge < -0.3 is 14.5 Å². The van der Waals surface area contributed by atoms with E-state index in [2.05, 4.69) is 18.4 Å². The number of amides is 1. The van der Waals surface area contributed by atoms with Crippen LogP contribution in [-0.2, 0) is 18.8 Å². The maximum absolute atomic E-state index is 11.7. The Balaban J connectivity index is 2.83. The van der Waals surface area contributed by atoms with Crippen LogP contribution in [0.4, 0.5) is 0 Å². The minimum atomic E-state index is -1.28. The molecule has 0 aromatic rings. The van der Waals surface area contributed by atoms with Crippen molar-refractivity contribution >= 4 is 20.9 Å². The summed E-state index contributed by atoms with van der Waals surface area (Å²) in [4.78, 5) is 22.7. The Morgan fingerprint density at radius 2 is 1.94 bits per heavy atom. The average molecular weight is 273 g/mol. The molecule has 1 aliphatic heterocycles. The molecule has 5 nitrogen and oxygen atoms in total. The van der Waals surface area contributed by atoms with E-state index in [9.17, 15) is 9.59 Å². The number of carbonyl (C=O) groups excluding carboxylic acids is 2. The lowest BCUT2D eigenvalue weighted by atomic mass is 9.77. The first-order chi connectivity index (χ1) is 8.12. The van der Waals surface area contributed by atoms with Crippen molar-refractivity contribution in [3.63, 3.8) is 0 Å². The van der Waals surface area contributed by atoms with Gasteiger partial charge >= 0.3 is 5.97 Å². The number of nitrogens with one attached hydrogen (secondary N) is 1. The van der Waals surface area contributed by atoms with Crippen molar-refractivity contribution in [3.8, 4) is 0 Å². The third-order valence-corrected chi connectivity index (χ3v) is 3.64. The molecule has 0 radical (unpaired) electrons. The lowest BCUT2D eigenvalue weighted by Crippen LogP contribution is -2.66. The number of hydrogen-bond acceptors (Lipinski definition) is 4. The Hall–Kier alpha value is -0.883. The van der Waals surface area contributed by atoms with Gasteiger partial charge in [0.25, 0.3) is 0 Å². The van der Waals surface area contributed by atoms with Crippen LogP contribution >= 0.6 is 0 Å². The van der Waals surface area contributed by atoms with Crippen LogP contribution in [0.3, 0.4) is 0 Å². The summed E-state index contributed by atoms with van der Waals surface area (Å²) in [5.41, 5.74) is -0.169. The Labute approximate surface area is 110 Å². The zero-order valence-corrected chi connectivity index (χ0v) is 13.1. The maximum atomic E-state index is 11.7. The van der Waals surface area contributed by atoms with Gasteiger partial charge in [-0.15, -0.1) is 0 Å². The van der Waals surface area contributed by atoms with Crippen LogP contribution in [-0.4, -0.2) is 33.2 Å². The van der Waals surface area contributed by atoms with Gasteiger partial charge in [0.15, 0.2) is 15.3 Å². The summed E-state index contributed by atoms with van der Waals surface area (Å²) in [5.74, 6) is -0.890. The van der Waals surface area contributed by atoms with E-state index in [0.29, 0.717) is 0 Å². The molecule has 1 amide bonds. The molecule has 104 valence electrons. The van der Waals surface area contributed by atoms with Gasteiger partial charge in [-0.1, -0.05) is 20.8 Å². The summed E-state index contributed by atoms with van der Waals surface area (Å²) in [6.07, 6.45) is -0.769. The molecule has 18 heavy (non-hydrogen) atoms. The molecule has 1 rings (SSSR count). The van der Waals surface area contributed by atoms with E-state index in [1.54, 1.807) is 0 Å². The molecule has 3 atom stereocenters. The fraction of sp³-hybridized carbons (Fsp3) is 0.833. The van der Waals surface area contributed by atoms with Crippen molar-refractivity contribution < 1.29 is 18.8 Å². The number of rotatable bonds is 4. The first-order valence-electron chi connectivity index (χ1n) is 6.26. The molecule has 0 bridgehead atoms. The van der Waals surface area contributed by atoms with Gasteiger partial charge in [-0.25, -0.2) is 0 Å². The van der Waals surface area contributed by atoms with Crippen LogP contribution in [0.1, 0.15) is 27.7 Å². The van der Waals surface area contributed by atoms with E-state index in [1.807, 2.05) is 20.8 Å². The molecular formula is C12H23NO4Si. The molecule has 0 aromatic heterocycles. The molecule has 0 aromatic carbocycles. The van der Waals surface area contributed by atoms with E-state index in [0.717, 1.165) is 0 Å². The Morgan fingerprint density at radius 1 is 1.39 bits per heavy atom. The second kappa shape index (κ2) is 5.40. The van der Waals surface area contributed by atoms with Crippen LogP contribution < -0.4 is 5.32 Å². The summed E-state index contributed by atoms with van der Waals surface area (Å²) in [6, 6.07) is 0. The van der Waals surface area contributed by atoms with Gasteiger partial charge in [0.05, 0.1) is 6.10 Å². The predicted octanol–water partition coefficient (Wildman–Crippen LogP) is 1.04. The predicted molar refractivity (Wildman–Crippen MR) is 70.4 cm³/mol. The molecule has 1 aliphatic rings. The van der Waals surface area contributed by atoms with E-state index in [1.165, 1.54) is 6.92 Å². The fourth-order valence-electron chi connectivity index (χ4n) is 2.07. The third-order valence-electron chi connectivity index (χ3n) is 2.80. The van der Waals surface area contributed by atoms with Gasteiger partial charge in [-0.2, -0.15) is 0 Å². The molecule has 1 fully saturated rings. The smallest absolute Gasteiger partial charge is 0.304 e. The van der Waals surface area contributed by atoms with Crippen LogP contribution in [0.2, 0.25) is 13.1 Å². The summed E-state index contributed by atoms with van der Waals surface area (Å²) in [7, 11) is -1.28. The molecule has 1 unspecified atom stereocenters. The Bertz CT molecular complexity index is 337. The summed E-state index contributed by atoms with van der Waals surface area (Å²) < 4.78 is 11.1. The SMILES string of the molecule is CC(=O)O[C@H]1NC(=O)[C@@H]1C(O[SiH](C)C)C(C)(C)C. The largest absolute Gasteiger partial charge is 0.441 e. The summed E-state index contributed by atoms with van der Waals surface area (Å²) in [6.45, 7) is 11.6. The number of carbonyl (C=O) groups is 2. The monoisotopic (exact) mass is 273 g/mol. The zero-order chi connectivity index (χ0) is 14.1. The molecule has 0 saturated carbocycles. The standard InChI is InChI=1S/C12H23NO4Si/c1-7(14)16-11-8(10(15)13-11)9(12(2,3)4)17-18(5)6/h8-9,11,18H,1-6H3,(H,13,15)/t8-,9?,11+/m0/s1. The van der Waals surface area contributed by atoms with Crippen LogP contribution in [0.15, 0.2) is 0 Å². The van der Waals surface area contributed by atoms with Gasteiger partial charge in [0, 0.05) is 6.92 Å². The van der Waals surface area contributed by atoms with Gasteiger partial charge in [-0.3, -0.25) is 9.59 Å². The van der Waals surface area contributed by atoms with E-state index in [4.69, 9.17) is 9.16 Å². The van der Waals surface area contributed by atoms with E-state index < -0.39 is 21.2 Å². The normalized spacial score (nSPS) is 25.4. The van der Waals surface area contributed by atoms with Crippen LogP contribution in [0, 0.1) is 11.3 Å². The summed E-state index contributed by atoms with van der Waals surface area (Å²) >= 11 is 0. The number of ether oxygens (including phenoxy) is 1. The lowest BCUT2D eigenvalue weighted by Gasteiger charge is -2.45. The minimum absolute atomic E-state index is 0.101. The Kier molecular flexibility index (Phi) is 4.55. The van der Waals surface area contributed by atoms with Crippen molar-refractivity contribution in [3.05, 3.63) is 0 Å². The molecular weight excluding hydrogens is 250 g/mol. The zero-order valence-electron chi connectivity index (χ0n) is 11.9. The van der Waals surface area contributed by atoms with Gasteiger partial charge in [-0.05, 0) is 18.5 Å². The second-order valence-corrected chi connectivity index (χ2v) is 8.41. The topological polar surface area (TPSA) is 64.6 Å². The van der Waals surface area contributed by atoms with Crippen molar-refractivity contribution in [2.45, 2.75) is 53.1 Å². The average Bonchev–Trinajstić information content (AvgIpc) is 2.12. The van der Waals surface area contributed by atoms with Crippen molar-refractivity contribution in [2.24, 2.45) is 11.3 Å². The number of hydrogen-bond donors (Lipinski definition) is 1. The molecule has 1 N–H and O–H groups in total. The second-order valence-electron chi connectivity index (χ2n) is 6.04. The third kappa shape index (κ3) is 3.55. The van der Waals surface area contributed by atoms with Crippen molar-refractivity contribution in [2.75, 3.05) is 0 Å². The maximum Gasteiger partial charge on any atom is 0.304 e. The van der Waals surface area contributed by atoms with Crippen LogP contribution in [0.25, 0.3) is 0 Å². The van der Waals surface area contributed by atoms with Crippen molar-refractivity contribution in [1.82, 2.24) is 5.32 Å². The summed E-state index contributed by atoms with van der Waals surface area (Å²) in [5, 5.41) is 2.60. The Morgan fingerprint density at radius 3 is 2.28 bits per heavy atom. The fourth-order valence-corrected chi connectivity index (χ4v) is 3.23. The first kappa shape index (κ1) is 15.2. The number of esters is 1.